The molecule has 270 valence electrons. The van der Waals surface area contributed by atoms with Crippen LogP contribution in [0.15, 0.2) is 48.1 Å². The summed E-state index contributed by atoms with van der Waals surface area (Å²) in [5.41, 5.74) is 4.56. The summed E-state index contributed by atoms with van der Waals surface area (Å²) in [6.45, 7) is 7.16. The molecule has 0 radical (unpaired) electrons. The summed E-state index contributed by atoms with van der Waals surface area (Å²) in [4.78, 5) is 41.3. The number of nitrogens with zero attached hydrogens (tertiary/aromatic N) is 1. The van der Waals surface area contributed by atoms with Crippen LogP contribution < -0.4 is 16.0 Å². The quantitative estimate of drug-likeness (QED) is 0.204. The van der Waals surface area contributed by atoms with Gasteiger partial charge in [-0.25, -0.2) is 13.6 Å². The van der Waals surface area contributed by atoms with Gasteiger partial charge in [-0.3, -0.25) is 14.9 Å². The van der Waals surface area contributed by atoms with Crippen LogP contribution in [0.5, 0.6) is 0 Å². The minimum absolute atomic E-state index is 0.0145. The van der Waals surface area contributed by atoms with Crippen molar-refractivity contribution in [3.05, 3.63) is 75.9 Å². The van der Waals surface area contributed by atoms with E-state index in [4.69, 9.17) is 36.3 Å². The van der Waals surface area contributed by atoms with Gasteiger partial charge in [-0.1, -0.05) is 48.4 Å². The smallest absolute Gasteiger partial charge is 0.412 e. The Hall–Kier alpha value is -4.04. The molecule has 2 saturated heterocycles. The number of ether oxygens (including phenoxy) is 4. The number of nitrogen functional groups attached to an aromatic ring is 1. The van der Waals surface area contributed by atoms with Crippen LogP contribution >= 0.6 is 11.6 Å². The molecule has 2 amide bonds. The minimum atomic E-state index is -1.61. The Morgan fingerprint density at radius 3 is 2.60 bits per heavy atom. The molecule has 2 aromatic rings. The SMILES string of the molecule is CO[C@@H]1/C=C/C=C(\C)Cc2cc(C)c(Cl)c(c2)N(C)C(=O)C[C@H](OC(=O)Nc2cc(F)c(N)cc2F)[C@]2(C)O[C@H]2[C@H](C)[C@@H]2C[C@@]1(O)CC(=O)O2. The van der Waals surface area contributed by atoms with Gasteiger partial charge in [0, 0.05) is 38.6 Å². The van der Waals surface area contributed by atoms with Gasteiger partial charge in [0.2, 0.25) is 5.91 Å². The number of rotatable bonds is 3. The molecule has 11 nitrogen and oxygen atoms in total. The molecule has 0 unspecified atom stereocenters. The number of anilines is 3. The van der Waals surface area contributed by atoms with Crippen LogP contribution in [-0.2, 0) is 35.0 Å². The number of allylic oxidation sites excluding steroid dienone is 3. The predicted molar refractivity (Wildman–Crippen MR) is 183 cm³/mol. The fourth-order valence-corrected chi connectivity index (χ4v) is 7.06. The predicted octanol–water partition coefficient (Wildman–Crippen LogP) is 5.78. The number of benzene rings is 2. The van der Waals surface area contributed by atoms with Gasteiger partial charge in [-0.15, -0.1) is 0 Å². The van der Waals surface area contributed by atoms with Gasteiger partial charge in [-0.05, 0) is 44.4 Å². The Bertz CT molecular complexity index is 1750. The number of methoxy groups -OCH3 is 1. The number of epoxide rings is 1. The second-order valence-electron chi connectivity index (χ2n) is 13.6. The Morgan fingerprint density at radius 2 is 1.90 bits per heavy atom. The van der Waals surface area contributed by atoms with Crippen LogP contribution in [-0.4, -0.2) is 72.9 Å². The number of hydrogen-bond donors (Lipinski definition) is 3. The normalized spacial score (nSPS) is 31.9. The average Bonchev–Trinajstić information content (AvgIpc) is 3.73. The zero-order valence-electron chi connectivity index (χ0n) is 28.7. The molecule has 7 atom stereocenters. The lowest BCUT2D eigenvalue weighted by molar-refractivity contribution is -0.187. The van der Waals surface area contributed by atoms with Crippen molar-refractivity contribution in [2.45, 2.75) is 89.0 Å². The van der Waals surface area contributed by atoms with Crippen molar-refractivity contribution in [2.24, 2.45) is 5.92 Å². The molecule has 3 aliphatic rings. The maximum atomic E-state index is 14.5. The number of carbonyl (C=O) groups excluding carboxylic acids is 3. The molecular formula is C36H42ClF2N3O8. The Balaban J connectivity index is 1.53. The highest BCUT2D eigenvalue weighted by atomic mass is 35.5. The molecule has 0 spiro atoms. The van der Waals surface area contributed by atoms with Gasteiger partial charge in [0.15, 0.2) is 0 Å². The van der Waals surface area contributed by atoms with Crippen molar-refractivity contribution in [3.8, 4) is 0 Å². The van der Waals surface area contributed by atoms with Gasteiger partial charge in [0.05, 0.1) is 41.0 Å². The van der Waals surface area contributed by atoms with E-state index in [-0.39, 0.29) is 12.8 Å². The van der Waals surface area contributed by atoms with E-state index in [0.717, 1.165) is 22.8 Å². The number of nitrogens with one attached hydrogen (secondary N) is 1. The number of halogens is 3. The largest absolute Gasteiger partial charge is 0.462 e. The van der Waals surface area contributed by atoms with Crippen LogP contribution in [0.4, 0.5) is 30.6 Å². The first kappa shape index (κ1) is 37.2. The lowest BCUT2D eigenvalue weighted by Crippen LogP contribution is -2.53. The van der Waals surface area contributed by atoms with Gasteiger partial charge in [0.1, 0.15) is 41.1 Å². The zero-order valence-corrected chi connectivity index (χ0v) is 29.5. The number of amides is 2. The maximum absolute atomic E-state index is 14.5. The van der Waals surface area contributed by atoms with Crippen molar-refractivity contribution in [3.63, 3.8) is 0 Å². The molecule has 2 aromatic carbocycles. The van der Waals surface area contributed by atoms with Crippen molar-refractivity contribution in [1.29, 1.82) is 0 Å². The first-order chi connectivity index (χ1) is 23.4. The molecule has 3 heterocycles. The zero-order chi connectivity index (χ0) is 36.7. The maximum Gasteiger partial charge on any atom is 0.412 e. The molecule has 0 aliphatic carbocycles. The van der Waals surface area contributed by atoms with Gasteiger partial charge in [0.25, 0.3) is 0 Å². The minimum Gasteiger partial charge on any atom is -0.462 e. The molecule has 3 aliphatic heterocycles. The van der Waals surface area contributed by atoms with Crippen LogP contribution in [0.3, 0.4) is 0 Å². The third-order valence-electron chi connectivity index (χ3n) is 9.78. The Kier molecular flexibility index (Phi) is 10.6. The topological polar surface area (TPSA) is 153 Å². The van der Waals surface area contributed by atoms with E-state index in [1.165, 1.54) is 12.0 Å². The molecular weight excluding hydrogens is 676 g/mol. The average molecular weight is 718 g/mol. The summed E-state index contributed by atoms with van der Waals surface area (Å²) in [6.07, 6.45) is 0.317. The molecule has 2 fully saturated rings. The van der Waals surface area contributed by atoms with Crippen molar-refractivity contribution < 1.29 is 47.2 Å². The summed E-state index contributed by atoms with van der Waals surface area (Å²) in [6, 6.07) is 5.16. The van der Waals surface area contributed by atoms with Crippen molar-refractivity contribution in [1.82, 2.24) is 0 Å². The molecule has 0 saturated carbocycles. The Labute approximate surface area is 294 Å². The third-order valence-corrected chi connectivity index (χ3v) is 10.3. The number of aryl methyl sites for hydroxylation is 1. The number of aliphatic hydroxyl groups is 1. The summed E-state index contributed by atoms with van der Waals surface area (Å²) in [5.74, 6) is -3.61. The molecule has 4 bridgehead atoms. The van der Waals surface area contributed by atoms with Crippen LogP contribution in [0.2, 0.25) is 5.02 Å². The monoisotopic (exact) mass is 717 g/mol. The van der Waals surface area contributed by atoms with Crippen LogP contribution in [0, 0.1) is 24.5 Å². The molecule has 50 heavy (non-hydrogen) atoms. The fourth-order valence-electron chi connectivity index (χ4n) is 6.82. The van der Waals surface area contributed by atoms with Crippen LogP contribution in [0.25, 0.3) is 0 Å². The lowest BCUT2D eigenvalue weighted by Gasteiger charge is -2.41. The van der Waals surface area contributed by atoms with Crippen LogP contribution in [0.1, 0.15) is 51.2 Å². The standard InChI is InChI=1S/C36H42ClF2N3O8/c1-18-8-7-9-28(47-6)36(46)16-27(48-31(44)17-36)20(3)33-35(4,50-33)29(49-34(45)41-25-14-22(38)24(40)13-23(25)39)15-30(43)42(5)26-12-21(10-18)11-19(2)32(26)37/h7-9,11-14,20,27-29,33,46H,10,15-17,40H2,1-6H3,(H,41,45)/b9-7+,18-8+/t20-,27+,28-,29+,33+,35+,36-/m1/s1. The van der Waals surface area contributed by atoms with Crippen molar-refractivity contribution >= 4 is 46.6 Å². The Morgan fingerprint density at radius 1 is 1.18 bits per heavy atom. The number of esters is 1. The van der Waals surface area contributed by atoms with E-state index in [0.29, 0.717) is 23.2 Å². The highest BCUT2D eigenvalue weighted by Crippen LogP contribution is 2.49. The number of nitrogens with two attached hydrogens (primary N) is 1. The first-order valence-corrected chi connectivity index (χ1v) is 16.6. The fraction of sp³-hybridized carbons (Fsp3) is 0.472. The summed E-state index contributed by atoms with van der Waals surface area (Å²) in [7, 11) is 3.00. The second kappa shape index (κ2) is 14.3. The van der Waals surface area contributed by atoms with E-state index < -0.39 is 88.9 Å². The first-order valence-electron chi connectivity index (χ1n) is 16.2. The number of carbonyl (C=O) groups is 3. The number of fused-ring (bicyclic) bond motifs is 5. The van der Waals surface area contributed by atoms with Gasteiger partial charge >= 0.3 is 12.1 Å². The molecule has 4 N–H and O–H groups in total. The summed E-state index contributed by atoms with van der Waals surface area (Å²) < 4.78 is 51.9. The van der Waals surface area contributed by atoms with E-state index in [1.54, 1.807) is 39.1 Å². The van der Waals surface area contributed by atoms with E-state index in [1.807, 2.05) is 26.0 Å². The van der Waals surface area contributed by atoms with E-state index >= 15 is 0 Å². The van der Waals surface area contributed by atoms with Gasteiger partial charge in [-0.2, -0.15) is 0 Å². The molecule has 5 rings (SSSR count). The summed E-state index contributed by atoms with van der Waals surface area (Å²) >= 11 is 6.70. The van der Waals surface area contributed by atoms with Gasteiger partial charge < -0.3 is 34.7 Å². The summed E-state index contributed by atoms with van der Waals surface area (Å²) in [5, 5.41) is 14.3. The number of hydrogen-bond acceptors (Lipinski definition) is 9. The third kappa shape index (κ3) is 7.65. The lowest BCUT2D eigenvalue weighted by atomic mass is 9.78. The highest BCUT2D eigenvalue weighted by molar-refractivity contribution is 6.34. The molecule has 0 aromatic heterocycles. The highest BCUT2D eigenvalue weighted by Gasteiger charge is 2.64. The van der Waals surface area contributed by atoms with E-state index in [2.05, 4.69) is 5.32 Å². The second-order valence-corrected chi connectivity index (χ2v) is 14.0. The van der Waals surface area contributed by atoms with Crippen molar-refractivity contribution in [2.75, 3.05) is 30.1 Å². The van der Waals surface area contributed by atoms with E-state index in [9.17, 15) is 28.3 Å². The molecule has 14 heteroatoms.